The molecular weight excluding hydrogens is 133 g/mol. The molecule has 1 N–H and O–H groups in total. The monoisotopic (exact) mass is 151 g/mol. The second-order valence-corrected chi connectivity index (χ2v) is 3.32. The van der Waals surface area contributed by atoms with E-state index in [4.69, 9.17) is 0 Å². The molecule has 0 aromatic rings. The molecule has 0 saturated heterocycles. The van der Waals surface area contributed by atoms with Gasteiger partial charge in [-0.15, -0.1) is 6.58 Å². The number of nitrogens with one attached hydrogen (secondary N) is 1. The van der Waals surface area contributed by atoms with Gasteiger partial charge in [0.05, 0.1) is 0 Å². The van der Waals surface area contributed by atoms with Gasteiger partial charge < -0.3 is 5.32 Å². The largest absolute Gasteiger partial charge is 0.387 e. The molecular formula is C9H18BN. The molecule has 62 valence electrons. The minimum absolute atomic E-state index is 0.486. The average molecular weight is 151 g/mol. The van der Waals surface area contributed by atoms with E-state index in [0.29, 0.717) is 11.9 Å². The van der Waals surface area contributed by atoms with E-state index >= 15 is 0 Å². The maximum atomic E-state index is 3.92. The van der Waals surface area contributed by atoms with Crippen LogP contribution in [0, 0.1) is 0 Å². The molecule has 0 fully saturated rings. The molecule has 0 saturated carbocycles. The quantitative estimate of drug-likeness (QED) is 0.463. The zero-order valence-corrected chi connectivity index (χ0v) is 7.85. The van der Waals surface area contributed by atoms with Gasteiger partial charge in [-0.05, 0) is 26.1 Å². The molecule has 0 spiro atoms. The van der Waals surface area contributed by atoms with Crippen LogP contribution in [-0.4, -0.2) is 13.9 Å². The van der Waals surface area contributed by atoms with E-state index < -0.39 is 0 Å². The highest BCUT2D eigenvalue weighted by molar-refractivity contribution is 6.13. The van der Waals surface area contributed by atoms with E-state index in [1.165, 1.54) is 0 Å². The van der Waals surface area contributed by atoms with E-state index in [9.17, 15) is 0 Å². The molecule has 2 heteroatoms. The van der Waals surface area contributed by atoms with E-state index in [2.05, 4.69) is 40.2 Å². The van der Waals surface area contributed by atoms with Gasteiger partial charge in [0.25, 0.3) is 0 Å². The summed E-state index contributed by atoms with van der Waals surface area (Å²) in [6.45, 7) is 11.9. The van der Waals surface area contributed by atoms with Crippen molar-refractivity contribution in [2.24, 2.45) is 0 Å². The fourth-order valence-electron chi connectivity index (χ4n) is 0.939. The molecule has 1 nitrogen and oxygen atoms in total. The van der Waals surface area contributed by atoms with Gasteiger partial charge in [-0.2, -0.15) is 0 Å². The zero-order chi connectivity index (χ0) is 8.85. The van der Waals surface area contributed by atoms with Gasteiger partial charge in [0, 0.05) is 11.7 Å². The van der Waals surface area contributed by atoms with Gasteiger partial charge in [0.1, 0.15) is 7.85 Å². The summed E-state index contributed by atoms with van der Waals surface area (Å²) in [5, 5.41) is 3.27. The molecule has 0 rings (SSSR count). The lowest BCUT2D eigenvalue weighted by Crippen LogP contribution is -2.21. The van der Waals surface area contributed by atoms with Crippen molar-refractivity contribution < 1.29 is 0 Å². The maximum absolute atomic E-state index is 3.92. The molecule has 0 aliphatic heterocycles. The summed E-state index contributed by atoms with van der Waals surface area (Å²) in [6, 6.07) is 0.486. The van der Waals surface area contributed by atoms with Crippen molar-refractivity contribution in [3.63, 3.8) is 0 Å². The summed E-state index contributed by atoms with van der Waals surface area (Å²) in [6.07, 6.45) is 2.94. The predicted octanol–water partition coefficient (Wildman–Crippen LogP) is 1.50. The minimum atomic E-state index is 0.486. The number of allylic oxidation sites excluding steroid dienone is 2. The molecule has 0 aliphatic rings. The fourth-order valence-corrected chi connectivity index (χ4v) is 0.939. The SMILES string of the molecule is BC(C=C)CC(=C)NC(C)C. The van der Waals surface area contributed by atoms with Crippen LogP contribution >= 0.6 is 0 Å². The van der Waals surface area contributed by atoms with Crippen molar-refractivity contribution in [2.75, 3.05) is 0 Å². The Balaban J connectivity index is 3.60. The Morgan fingerprint density at radius 1 is 1.64 bits per heavy atom. The van der Waals surface area contributed by atoms with E-state index in [-0.39, 0.29) is 0 Å². The first kappa shape index (κ1) is 10.3. The molecule has 0 aromatic carbocycles. The van der Waals surface area contributed by atoms with Crippen molar-refractivity contribution in [2.45, 2.75) is 32.1 Å². The van der Waals surface area contributed by atoms with Crippen molar-refractivity contribution in [3.8, 4) is 0 Å². The number of hydrogen-bond donors (Lipinski definition) is 1. The minimum Gasteiger partial charge on any atom is -0.387 e. The summed E-state index contributed by atoms with van der Waals surface area (Å²) in [4.78, 5) is 0. The third kappa shape index (κ3) is 5.77. The van der Waals surface area contributed by atoms with Crippen molar-refractivity contribution >= 4 is 7.85 Å². The third-order valence-electron chi connectivity index (χ3n) is 1.46. The standard InChI is InChI=1S/C9H18BN/c1-5-9(10)6-8(4)11-7(2)3/h5,7,9,11H,1,4,6,10H2,2-3H3. The van der Waals surface area contributed by atoms with Crippen LogP contribution in [0.4, 0.5) is 0 Å². The number of rotatable bonds is 5. The highest BCUT2D eigenvalue weighted by atomic mass is 14.9. The maximum Gasteiger partial charge on any atom is 0.110 e. The Bertz CT molecular complexity index is 140. The first-order valence-corrected chi connectivity index (χ1v) is 4.13. The summed E-state index contributed by atoms with van der Waals surface area (Å²) in [5.74, 6) is 0.522. The van der Waals surface area contributed by atoms with Gasteiger partial charge in [-0.1, -0.05) is 12.7 Å². The van der Waals surface area contributed by atoms with Gasteiger partial charge in [-0.25, -0.2) is 0 Å². The highest BCUT2D eigenvalue weighted by Crippen LogP contribution is 2.11. The summed E-state index contributed by atoms with van der Waals surface area (Å²) in [5.41, 5.74) is 1.10. The van der Waals surface area contributed by atoms with Crippen LogP contribution < -0.4 is 5.32 Å². The van der Waals surface area contributed by atoms with Gasteiger partial charge in [0.2, 0.25) is 0 Å². The third-order valence-corrected chi connectivity index (χ3v) is 1.46. The van der Waals surface area contributed by atoms with Crippen molar-refractivity contribution in [1.29, 1.82) is 0 Å². The van der Waals surface area contributed by atoms with E-state index in [0.717, 1.165) is 12.1 Å². The van der Waals surface area contributed by atoms with E-state index in [1.54, 1.807) is 0 Å². The molecule has 0 heterocycles. The molecule has 11 heavy (non-hydrogen) atoms. The fraction of sp³-hybridized carbons (Fsp3) is 0.556. The van der Waals surface area contributed by atoms with E-state index in [1.807, 2.05) is 6.08 Å². The van der Waals surface area contributed by atoms with Gasteiger partial charge in [-0.3, -0.25) is 0 Å². The average Bonchev–Trinajstić information content (AvgIpc) is 1.85. The molecule has 1 unspecified atom stereocenters. The van der Waals surface area contributed by atoms with Crippen LogP contribution in [0.25, 0.3) is 0 Å². The Hall–Kier alpha value is -0.655. The molecule has 0 bridgehead atoms. The Kier molecular flexibility index (Phi) is 4.76. The molecule has 1 atom stereocenters. The smallest absolute Gasteiger partial charge is 0.110 e. The summed E-state index contributed by atoms with van der Waals surface area (Å²) >= 11 is 0. The highest BCUT2D eigenvalue weighted by Gasteiger charge is 2.00. The second kappa shape index (κ2) is 5.06. The van der Waals surface area contributed by atoms with Crippen LogP contribution in [-0.2, 0) is 0 Å². The van der Waals surface area contributed by atoms with Crippen molar-refractivity contribution in [3.05, 3.63) is 24.9 Å². The first-order valence-electron chi connectivity index (χ1n) is 4.13. The van der Waals surface area contributed by atoms with Gasteiger partial charge in [0.15, 0.2) is 0 Å². The Morgan fingerprint density at radius 3 is 2.55 bits per heavy atom. The molecule has 0 radical (unpaired) electrons. The lowest BCUT2D eigenvalue weighted by molar-refractivity contribution is 0.645. The number of hydrogen-bond acceptors (Lipinski definition) is 1. The Morgan fingerprint density at radius 2 is 2.18 bits per heavy atom. The normalized spacial score (nSPS) is 12.6. The Labute approximate surface area is 71.0 Å². The van der Waals surface area contributed by atoms with Crippen molar-refractivity contribution in [1.82, 2.24) is 5.32 Å². The van der Waals surface area contributed by atoms with Crippen LogP contribution in [0.3, 0.4) is 0 Å². The lowest BCUT2D eigenvalue weighted by atomic mass is 9.84. The van der Waals surface area contributed by atoms with Crippen LogP contribution in [0.2, 0.25) is 5.82 Å². The molecule has 0 aromatic heterocycles. The first-order chi connectivity index (χ1) is 5.06. The summed E-state index contributed by atoms with van der Waals surface area (Å²) < 4.78 is 0. The lowest BCUT2D eigenvalue weighted by Gasteiger charge is -2.14. The predicted molar refractivity (Wildman–Crippen MR) is 54.5 cm³/mol. The van der Waals surface area contributed by atoms with Gasteiger partial charge >= 0.3 is 0 Å². The van der Waals surface area contributed by atoms with Crippen LogP contribution in [0.15, 0.2) is 24.9 Å². The van der Waals surface area contributed by atoms with Crippen LogP contribution in [0.5, 0.6) is 0 Å². The topological polar surface area (TPSA) is 12.0 Å². The summed E-state index contributed by atoms with van der Waals surface area (Å²) in [7, 11) is 2.14. The zero-order valence-electron chi connectivity index (χ0n) is 7.85. The second-order valence-electron chi connectivity index (χ2n) is 3.32. The molecule has 0 aliphatic carbocycles. The molecule has 0 amide bonds. The van der Waals surface area contributed by atoms with Crippen LogP contribution in [0.1, 0.15) is 20.3 Å².